The molecule has 5 rings (SSSR count). The Morgan fingerprint density at radius 1 is 0.690 bits per heavy atom. The van der Waals surface area contributed by atoms with Gasteiger partial charge in [-0.15, -0.1) is 0 Å². The van der Waals surface area contributed by atoms with E-state index >= 15 is 0 Å². The molecule has 0 atom stereocenters. The fourth-order valence-corrected chi connectivity index (χ4v) is 4.99. The van der Waals surface area contributed by atoms with Gasteiger partial charge in [-0.3, -0.25) is 10.1 Å². The highest BCUT2D eigenvalue weighted by atomic mass is 16.6. The predicted octanol–water partition coefficient (Wildman–Crippen LogP) is 7.82. The van der Waals surface area contributed by atoms with Gasteiger partial charge in [0, 0.05) is 11.3 Å². The number of hydrogen-bond donors (Lipinski definition) is 0. The van der Waals surface area contributed by atoms with E-state index in [4.69, 9.17) is 14.2 Å². The zero-order valence-electron chi connectivity index (χ0n) is 23.6. The van der Waals surface area contributed by atoms with Gasteiger partial charge >= 0.3 is 5.69 Å². The van der Waals surface area contributed by atoms with Crippen LogP contribution in [0.2, 0.25) is 0 Å². The van der Waals surface area contributed by atoms with Gasteiger partial charge in [0.2, 0.25) is 0 Å². The van der Waals surface area contributed by atoms with Gasteiger partial charge in [-0.2, -0.15) is 0 Å². The summed E-state index contributed by atoms with van der Waals surface area (Å²) >= 11 is 0. The lowest BCUT2D eigenvalue weighted by atomic mass is 10.0. The van der Waals surface area contributed by atoms with Crippen LogP contribution in [0, 0.1) is 17.0 Å². The van der Waals surface area contributed by atoms with Gasteiger partial charge in [-0.25, -0.2) is 0 Å². The first-order valence-electron chi connectivity index (χ1n) is 13.9. The van der Waals surface area contributed by atoms with Gasteiger partial charge in [-0.05, 0) is 23.6 Å². The number of benzene rings is 4. The quantitative estimate of drug-likeness (QED) is 0.102. The van der Waals surface area contributed by atoms with Crippen LogP contribution < -0.4 is 0 Å². The van der Waals surface area contributed by atoms with Crippen LogP contribution in [-0.4, -0.2) is 28.8 Å². The summed E-state index contributed by atoms with van der Waals surface area (Å²) in [5.74, 6) is 0. The van der Waals surface area contributed by atoms with Gasteiger partial charge in [0.05, 0.1) is 36.9 Å². The molecular formula is C35H34N2O5. The molecule has 0 radical (unpaired) electrons. The van der Waals surface area contributed by atoms with E-state index in [0.717, 1.165) is 27.9 Å². The molecule has 7 heteroatoms. The van der Waals surface area contributed by atoms with Crippen molar-refractivity contribution in [3.8, 4) is 22.4 Å². The Bertz CT molecular complexity index is 1510. The average molecular weight is 563 g/mol. The van der Waals surface area contributed by atoms with E-state index in [-0.39, 0.29) is 17.3 Å². The lowest BCUT2D eigenvalue weighted by molar-refractivity contribution is -0.383. The Morgan fingerprint density at radius 3 is 1.62 bits per heavy atom. The minimum absolute atomic E-state index is 0.0608. The fraction of sp³-hybridized carbons (Fsp3) is 0.200. The van der Waals surface area contributed by atoms with Crippen LogP contribution in [0.15, 0.2) is 121 Å². The highest BCUT2D eigenvalue weighted by Gasteiger charge is 2.31. The third-order valence-electron chi connectivity index (χ3n) is 7.06. The molecule has 0 unspecified atom stereocenters. The summed E-state index contributed by atoms with van der Waals surface area (Å²) in [6, 6.07) is 38.8. The van der Waals surface area contributed by atoms with Crippen molar-refractivity contribution < 1.29 is 19.1 Å². The second-order valence-electron chi connectivity index (χ2n) is 9.99. The van der Waals surface area contributed by atoms with E-state index < -0.39 is 6.10 Å². The lowest BCUT2D eigenvalue weighted by Crippen LogP contribution is -2.27. The molecule has 0 amide bonds. The fourth-order valence-electron chi connectivity index (χ4n) is 4.99. The maximum atomic E-state index is 12.6. The highest BCUT2D eigenvalue weighted by Crippen LogP contribution is 2.43. The third kappa shape index (κ3) is 7.19. The molecule has 0 aliphatic rings. The number of nitrogens with zero attached hydrogens (tertiary/aromatic N) is 2. The van der Waals surface area contributed by atoms with E-state index in [0.29, 0.717) is 37.7 Å². The van der Waals surface area contributed by atoms with Crippen LogP contribution in [0.25, 0.3) is 22.4 Å². The molecule has 7 nitrogen and oxygen atoms in total. The molecule has 0 bridgehead atoms. The minimum atomic E-state index is -0.401. The Labute approximate surface area is 246 Å². The molecule has 42 heavy (non-hydrogen) atoms. The summed E-state index contributed by atoms with van der Waals surface area (Å²) in [6.45, 7) is 3.49. The first-order chi connectivity index (χ1) is 20.6. The van der Waals surface area contributed by atoms with Crippen molar-refractivity contribution in [3.05, 3.63) is 148 Å². The van der Waals surface area contributed by atoms with Crippen molar-refractivity contribution in [3.63, 3.8) is 0 Å². The number of nitro groups is 1. The molecule has 5 aromatic rings. The van der Waals surface area contributed by atoms with Gasteiger partial charge in [0.1, 0.15) is 18.5 Å². The van der Waals surface area contributed by atoms with E-state index in [1.54, 1.807) is 0 Å². The zero-order chi connectivity index (χ0) is 29.1. The Balaban J connectivity index is 1.42. The minimum Gasteiger partial charge on any atom is -0.374 e. The van der Waals surface area contributed by atoms with Crippen LogP contribution >= 0.6 is 0 Å². The van der Waals surface area contributed by atoms with Crippen molar-refractivity contribution in [1.82, 2.24) is 4.57 Å². The second kappa shape index (κ2) is 14.4. The second-order valence-corrected chi connectivity index (χ2v) is 9.99. The highest BCUT2D eigenvalue weighted by molar-refractivity contribution is 5.87. The molecule has 0 saturated heterocycles. The van der Waals surface area contributed by atoms with Crippen molar-refractivity contribution in [2.24, 2.45) is 0 Å². The van der Waals surface area contributed by atoms with Crippen LogP contribution in [0.4, 0.5) is 5.69 Å². The number of aromatic nitrogens is 1. The summed E-state index contributed by atoms with van der Waals surface area (Å²) in [4.78, 5) is 12.3. The third-order valence-corrected chi connectivity index (χ3v) is 7.06. The first-order valence-corrected chi connectivity index (χ1v) is 13.9. The molecule has 0 aliphatic carbocycles. The Kier molecular flexibility index (Phi) is 9.90. The maximum absolute atomic E-state index is 12.6. The number of rotatable bonds is 14. The SMILES string of the molecule is Cc1c(-c2ccccc2)c([N+](=O)[O-])c(-c2ccccc2)n1COC(COCc1ccccc1)COCc1ccccc1. The molecule has 0 saturated carbocycles. The van der Waals surface area contributed by atoms with Gasteiger partial charge in [0.25, 0.3) is 0 Å². The van der Waals surface area contributed by atoms with Crippen molar-refractivity contribution in [2.75, 3.05) is 13.2 Å². The molecule has 214 valence electrons. The van der Waals surface area contributed by atoms with Crippen molar-refractivity contribution in [2.45, 2.75) is 33.0 Å². The molecular weight excluding hydrogens is 528 g/mol. The molecule has 4 aromatic carbocycles. The van der Waals surface area contributed by atoms with Gasteiger partial charge < -0.3 is 18.8 Å². The van der Waals surface area contributed by atoms with Crippen LogP contribution in [0.1, 0.15) is 16.8 Å². The van der Waals surface area contributed by atoms with Crippen LogP contribution in [0.5, 0.6) is 0 Å². The monoisotopic (exact) mass is 562 g/mol. The normalized spacial score (nSPS) is 11.2. The molecule has 0 N–H and O–H groups in total. The number of ether oxygens (including phenoxy) is 3. The van der Waals surface area contributed by atoms with Crippen LogP contribution in [-0.2, 0) is 34.2 Å². The smallest absolute Gasteiger partial charge is 0.303 e. The van der Waals surface area contributed by atoms with Gasteiger partial charge in [0.15, 0.2) is 0 Å². The van der Waals surface area contributed by atoms with E-state index in [1.165, 1.54) is 0 Å². The predicted molar refractivity (Wildman–Crippen MR) is 164 cm³/mol. The first kappa shape index (κ1) is 29.0. The summed E-state index contributed by atoms with van der Waals surface area (Å²) in [7, 11) is 0. The average Bonchev–Trinajstić information content (AvgIpc) is 3.33. The molecule has 0 aliphatic heterocycles. The standard InChI is InChI=1S/C35H34N2O5/c1-27-33(30-18-10-4-11-19-30)35(37(38)39)34(31-20-12-5-13-21-31)36(27)26-42-32(24-40-22-28-14-6-2-7-15-28)25-41-23-29-16-8-3-9-17-29/h2-21,32H,22-26H2,1H3. The van der Waals surface area contributed by atoms with E-state index in [2.05, 4.69) is 0 Å². The van der Waals surface area contributed by atoms with E-state index in [9.17, 15) is 10.1 Å². The van der Waals surface area contributed by atoms with Crippen molar-refractivity contribution in [1.29, 1.82) is 0 Å². The van der Waals surface area contributed by atoms with Crippen LogP contribution in [0.3, 0.4) is 0 Å². The summed E-state index contributed by atoms with van der Waals surface area (Å²) in [5, 5.41) is 12.6. The van der Waals surface area contributed by atoms with Crippen molar-refractivity contribution >= 4 is 5.69 Å². The summed E-state index contributed by atoms with van der Waals surface area (Å²) in [6.07, 6.45) is -0.401. The van der Waals surface area contributed by atoms with E-state index in [1.807, 2.05) is 133 Å². The summed E-state index contributed by atoms with van der Waals surface area (Å²) < 4.78 is 20.4. The Morgan fingerprint density at radius 2 is 1.14 bits per heavy atom. The largest absolute Gasteiger partial charge is 0.374 e. The molecule has 0 spiro atoms. The number of hydrogen-bond acceptors (Lipinski definition) is 5. The summed E-state index contributed by atoms with van der Waals surface area (Å²) in [5.41, 5.74) is 5.56. The topological polar surface area (TPSA) is 75.8 Å². The molecule has 1 heterocycles. The molecule has 0 fully saturated rings. The lowest BCUT2D eigenvalue weighted by Gasteiger charge is -2.20. The van der Waals surface area contributed by atoms with Gasteiger partial charge in [-0.1, -0.05) is 121 Å². The zero-order valence-corrected chi connectivity index (χ0v) is 23.6. The Hall–Kier alpha value is -4.56. The maximum Gasteiger partial charge on any atom is 0.303 e. The molecule has 1 aromatic heterocycles.